The van der Waals surface area contributed by atoms with E-state index in [9.17, 15) is 31.5 Å². The summed E-state index contributed by atoms with van der Waals surface area (Å²) in [6.45, 7) is 12.1. The number of carbonyl (C=O) groups is 2. The van der Waals surface area contributed by atoms with Crippen molar-refractivity contribution < 1.29 is 41.0 Å². The van der Waals surface area contributed by atoms with Gasteiger partial charge in [-0.3, -0.25) is 9.59 Å². The number of fused-ring (bicyclic) bond motifs is 5. The number of hydrogen-bond donors (Lipinski definition) is 0. The van der Waals surface area contributed by atoms with Crippen LogP contribution in [0.25, 0.3) is 0 Å². The summed E-state index contributed by atoms with van der Waals surface area (Å²) in [6.07, 6.45) is 13.4. The van der Waals surface area contributed by atoms with Crippen molar-refractivity contribution in [3.05, 3.63) is 40.7 Å². The number of halogens is 5. The quantitative estimate of drug-likeness (QED) is 0.0631. The van der Waals surface area contributed by atoms with E-state index in [1.54, 1.807) is 0 Å². The van der Waals surface area contributed by atoms with Gasteiger partial charge >= 0.3 is 11.9 Å². The van der Waals surface area contributed by atoms with Gasteiger partial charge in [-0.05, 0) is 91.3 Å². The molecular formula is C37H49F5O4. The molecule has 0 aromatic heterocycles. The lowest BCUT2D eigenvalue weighted by Gasteiger charge is -2.58. The molecule has 0 saturated heterocycles. The molecule has 0 heterocycles. The van der Waals surface area contributed by atoms with Gasteiger partial charge in [0.25, 0.3) is 0 Å². The molecule has 3 unspecified atom stereocenters. The summed E-state index contributed by atoms with van der Waals surface area (Å²) in [5.41, 5.74) is 1.83. The molecule has 5 rings (SSSR count). The van der Waals surface area contributed by atoms with Crippen molar-refractivity contribution in [1.29, 1.82) is 0 Å². The summed E-state index contributed by atoms with van der Waals surface area (Å²) >= 11 is 0. The summed E-state index contributed by atoms with van der Waals surface area (Å²) in [7, 11) is 0. The molecule has 3 fully saturated rings. The Bertz CT molecular complexity index is 1330. The maximum absolute atomic E-state index is 13.8. The third kappa shape index (κ3) is 6.50. The van der Waals surface area contributed by atoms with Crippen molar-refractivity contribution >= 4 is 11.9 Å². The fourth-order valence-electron chi connectivity index (χ4n) is 10.0. The van der Waals surface area contributed by atoms with E-state index in [4.69, 9.17) is 4.74 Å². The first kappa shape index (κ1) is 34.9. The normalized spacial score (nSPS) is 32.7. The number of benzene rings is 1. The molecule has 9 heteroatoms. The van der Waals surface area contributed by atoms with Crippen LogP contribution in [-0.2, 0) is 14.3 Å². The zero-order chi connectivity index (χ0) is 33.6. The number of ether oxygens (including phenoxy) is 2. The number of esters is 2. The molecule has 0 bridgehead atoms. The Hall–Kier alpha value is -2.45. The minimum Gasteiger partial charge on any atom is -0.462 e. The highest BCUT2D eigenvalue weighted by atomic mass is 19.2. The molecule has 256 valence electrons. The first-order chi connectivity index (χ1) is 21.7. The van der Waals surface area contributed by atoms with E-state index in [-0.39, 0.29) is 11.5 Å². The second-order valence-electron chi connectivity index (χ2n) is 15.5. The minimum atomic E-state index is -2.35. The van der Waals surface area contributed by atoms with Crippen molar-refractivity contribution in [1.82, 2.24) is 0 Å². The monoisotopic (exact) mass is 652 g/mol. The third-order valence-corrected chi connectivity index (χ3v) is 12.5. The van der Waals surface area contributed by atoms with Crippen molar-refractivity contribution in [2.45, 2.75) is 124 Å². The van der Waals surface area contributed by atoms with Crippen LogP contribution in [0.15, 0.2) is 11.6 Å². The van der Waals surface area contributed by atoms with Gasteiger partial charge in [0.15, 0.2) is 0 Å². The summed E-state index contributed by atoms with van der Waals surface area (Å²) in [5, 5.41) is 0. The van der Waals surface area contributed by atoms with Gasteiger partial charge in [-0.2, -0.15) is 8.78 Å². The van der Waals surface area contributed by atoms with Crippen molar-refractivity contribution in [2.75, 3.05) is 0 Å². The molecule has 0 radical (unpaired) electrons. The topological polar surface area (TPSA) is 52.6 Å². The number of allylic oxidation sites excluding steroid dienone is 1. The fraction of sp³-hybridized carbons (Fsp3) is 0.730. The van der Waals surface area contributed by atoms with E-state index in [0.29, 0.717) is 30.1 Å². The molecule has 4 nitrogen and oxygen atoms in total. The number of rotatable bonds is 10. The van der Waals surface area contributed by atoms with Crippen LogP contribution in [0.3, 0.4) is 0 Å². The van der Waals surface area contributed by atoms with Crippen molar-refractivity contribution in [3.8, 4) is 5.75 Å². The Kier molecular flexibility index (Phi) is 10.3. The second kappa shape index (κ2) is 13.6. The average Bonchev–Trinajstić information content (AvgIpc) is 3.37. The van der Waals surface area contributed by atoms with E-state index >= 15 is 0 Å². The van der Waals surface area contributed by atoms with Gasteiger partial charge in [-0.15, -0.1) is 0 Å². The first-order valence-electron chi connectivity index (χ1n) is 17.3. The van der Waals surface area contributed by atoms with Crippen LogP contribution in [0, 0.1) is 75.4 Å². The smallest absolute Gasteiger partial charge is 0.311 e. The lowest BCUT2D eigenvalue weighted by Crippen LogP contribution is -2.51. The Labute approximate surface area is 269 Å². The van der Waals surface area contributed by atoms with Crippen LogP contribution in [0.2, 0.25) is 0 Å². The SMILES string of the molecule is CC(C)CCC[C@@H](C)[C@H]1CCC2C3CC=C4C[C@@H](OC(=O)CCC(=O)Oc5c(F)c(F)c(F)c(F)c5F)CC[C@]4(C)C3CC[C@@]21C. The highest BCUT2D eigenvalue weighted by Crippen LogP contribution is 2.67. The van der Waals surface area contributed by atoms with Gasteiger partial charge in [0.05, 0.1) is 12.8 Å². The molecule has 4 aliphatic rings. The van der Waals surface area contributed by atoms with Gasteiger partial charge < -0.3 is 9.47 Å². The molecular weight excluding hydrogens is 603 g/mol. The van der Waals surface area contributed by atoms with Gasteiger partial charge in [0.1, 0.15) is 6.10 Å². The molecule has 0 amide bonds. The Morgan fingerprint density at radius 3 is 2.15 bits per heavy atom. The van der Waals surface area contributed by atoms with Crippen LogP contribution in [0.1, 0.15) is 118 Å². The minimum absolute atomic E-state index is 0.0752. The van der Waals surface area contributed by atoms with E-state index in [1.807, 2.05) is 0 Å². The van der Waals surface area contributed by atoms with Crippen LogP contribution in [-0.4, -0.2) is 18.0 Å². The van der Waals surface area contributed by atoms with Crippen LogP contribution in [0.4, 0.5) is 22.0 Å². The highest BCUT2D eigenvalue weighted by molar-refractivity contribution is 5.79. The highest BCUT2D eigenvalue weighted by Gasteiger charge is 2.59. The van der Waals surface area contributed by atoms with Gasteiger partial charge in [0.2, 0.25) is 34.8 Å². The largest absolute Gasteiger partial charge is 0.462 e. The molecule has 4 aliphatic carbocycles. The van der Waals surface area contributed by atoms with E-state index in [0.717, 1.165) is 36.5 Å². The van der Waals surface area contributed by atoms with Crippen molar-refractivity contribution in [2.24, 2.45) is 46.3 Å². The lowest BCUT2D eigenvalue weighted by atomic mass is 9.47. The number of carbonyl (C=O) groups excluding carboxylic acids is 2. The zero-order valence-electron chi connectivity index (χ0n) is 27.8. The maximum Gasteiger partial charge on any atom is 0.311 e. The standard InChI is InChI=1S/C37H49F5O4/c1-20(2)7-6-8-21(3)25-11-12-26-24-10-9-22-19-23(15-17-36(22,4)27(24)16-18-37(25,26)5)45-28(43)13-14-29(44)46-35-33(41)31(39)30(38)32(40)34(35)42/h9,20-21,23-27H,6-8,10-19H2,1-5H3/t21-,23+,24?,25-,26?,27?,36+,37-/m1/s1. The third-order valence-electron chi connectivity index (χ3n) is 12.5. The maximum atomic E-state index is 13.8. The van der Waals surface area contributed by atoms with Gasteiger partial charge in [0, 0.05) is 6.42 Å². The molecule has 0 aliphatic heterocycles. The molecule has 3 saturated carbocycles. The molecule has 0 N–H and O–H groups in total. The van der Waals surface area contributed by atoms with E-state index < -0.39 is 59.6 Å². The molecule has 0 spiro atoms. The second-order valence-corrected chi connectivity index (χ2v) is 15.5. The summed E-state index contributed by atoms with van der Waals surface area (Å²) in [6, 6.07) is 0. The average molecular weight is 653 g/mol. The first-order valence-corrected chi connectivity index (χ1v) is 17.3. The lowest BCUT2D eigenvalue weighted by molar-refractivity contribution is -0.153. The zero-order valence-corrected chi connectivity index (χ0v) is 27.8. The molecule has 8 atom stereocenters. The predicted octanol–water partition coefficient (Wildman–Crippen LogP) is 10.0. The summed E-state index contributed by atoms with van der Waals surface area (Å²) in [5.74, 6) is -10.6. The Balaban J connectivity index is 1.15. The predicted molar refractivity (Wildman–Crippen MR) is 164 cm³/mol. The summed E-state index contributed by atoms with van der Waals surface area (Å²) < 4.78 is 77.8. The van der Waals surface area contributed by atoms with Gasteiger partial charge in [-0.1, -0.05) is 65.5 Å². The van der Waals surface area contributed by atoms with Crippen LogP contribution >= 0.6 is 0 Å². The van der Waals surface area contributed by atoms with E-state index in [1.165, 1.54) is 50.5 Å². The molecule has 1 aromatic rings. The molecule has 1 aromatic carbocycles. The van der Waals surface area contributed by atoms with Crippen molar-refractivity contribution in [3.63, 3.8) is 0 Å². The Morgan fingerprint density at radius 2 is 1.48 bits per heavy atom. The van der Waals surface area contributed by atoms with Gasteiger partial charge in [-0.25, -0.2) is 13.2 Å². The Morgan fingerprint density at radius 1 is 0.826 bits per heavy atom. The van der Waals surface area contributed by atoms with Crippen LogP contribution in [0.5, 0.6) is 5.75 Å². The number of hydrogen-bond acceptors (Lipinski definition) is 4. The molecule has 46 heavy (non-hydrogen) atoms. The van der Waals surface area contributed by atoms with E-state index in [2.05, 4.69) is 45.4 Å². The van der Waals surface area contributed by atoms with Crippen LogP contribution < -0.4 is 4.74 Å². The fourth-order valence-corrected chi connectivity index (χ4v) is 10.0. The summed E-state index contributed by atoms with van der Waals surface area (Å²) in [4.78, 5) is 24.7.